The van der Waals surface area contributed by atoms with Gasteiger partial charge in [0, 0.05) is 36.6 Å². The van der Waals surface area contributed by atoms with E-state index in [4.69, 9.17) is 5.11 Å². The molecule has 0 bridgehead atoms. The van der Waals surface area contributed by atoms with E-state index < -0.39 is 0 Å². The Morgan fingerprint density at radius 3 is 2.69 bits per heavy atom. The number of fused-ring (bicyclic) bond motifs is 1. The summed E-state index contributed by atoms with van der Waals surface area (Å²) in [5.74, 6) is 0. The van der Waals surface area contributed by atoms with Crippen LogP contribution >= 0.6 is 0 Å². The quantitative estimate of drug-likeness (QED) is 0.487. The van der Waals surface area contributed by atoms with Crippen LogP contribution in [0, 0.1) is 0 Å². The van der Waals surface area contributed by atoms with Gasteiger partial charge in [-0.25, -0.2) is 4.98 Å². The van der Waals surface area contributed by atoms with Crippen LogP contribution in [0.4, 0.5) is 5.69 Å². The molecule has 4 heteroatoms. The van der Waals surface area contributed by atoms with Gasteiger partial charge in [0.2, 0.25) is 0 Å². The van der Waals surface area contributed by atoms with Crippen LogP contribution in [0.2, 0.25) is 0 Å². The highest BCUT2D eigenvalue weighted by Gasteiger charge is 2.06. The fourth-order valence-corrected chi connectivity index (χ4v) is 3.18. The number of H-pyrrole nitrogens is 1. The van der Waals surface area contributed by atoms with Crippen LogP contribution < -0.4 is 5.32 Å². The van der Waals surface area contributed by atoms with Gasteiger partial charge in [-0.3, -0.25) is 0 Å². The van der Waals surface area contributed by atoms with Crippen molar-refractivity contribution in [3.63, 3.8) is 0 Å². The van der Waals surface area contributed by atoms with E-state index in [1.165, 1.54) is 16.7 Å². The van der Waals surface area contributed by atoms with Crippen molar-refractivity contribution in [2.24, 2.45) is 0 Å². The highest BCUT2D eigenvalue weighted by molar-refractivity contribution is 5.92. The summed E-state index contributed by atoms with van der Waals surface area (Å²) in [4.78, 5) is 7.53. The van der Waals surface area contributed by atoms with Crippen molar-refractivity contribution in [1.82, 2.24) is 9.97 Å². The van der Waals surface area contributed by atoms with Crippen molar-refractivity contribution < 1.29 is 5.11 Å². The Morgan fingerprint density at radius 1 is 0.962 bits per heavy atom. The number of nitrogens with one attached hydrogen (secondary N) is 2. The van der Waals surface area contributed by atoms with Crippen molar-refractivity contribution in [2.75, 3.05) is 11.9 Å². The third-order valence-electron chi connectivity index (χ3n) is 4.55. The van der Waals surface area contributed by atoms with Gasteiger partial charge in [-0.1, -0.05) is 30.3 Å². The van der Waals surface area contributed by atoms with Gasteiger partial charge >= 0.3 is 0 Å². The molecular formula is C22H21N3O. The lowest BCUT2D eigenvalue weighted by Gasteiger charge is -2.10. The first-order valence-corrected chi connectivity index (χ1v) is 8.78. The lowest BCUT2D eigenvalue weighted by atomic mass is 10.0. The summed E-state index contributed by atoms with van der Waals surface area (Å²) in [6.45, 7) is 0.942. The van der Waals surface area contributed by atoms with Crippen LogP contribution in [-0.2, 0) is 13.0 Å². The van der Waals surface area contributed by atoms with Crippen LogP contribution in [0.1, 0.15) is 11.1 Å². The molecule has 3 N–H and O–H groups in total. The van der Waals surface area contributed by atoms with E-state index in [-0.39, 0.29) is 6.61 Å². The highest BCUT2D eigenvalue weighted by Crippen LogP contribution is 2.27. The number of aliphatic hydroxyl groups excluding tert-OH is 1. The van der Waals surface area contributed by atoms with Gasteiger partial charge < -0.3 is 15.4 Å². The van der Waals surface area contributed by atoms with E-state index in [1.807, 2.05) is 12.4 Å². The number of hydrogen-bond donors (Lipinski definition) is 3. The largest absolute Gasteiger partial charge is 0.396 e. The lowest BCUT2D eigenvalue weighted by Crippen LogP contribution is -2.00. The molecule has 0 radical (unpaired) electrons. The number of rotatable bonds is 6. The van der Waals surface area contributed by atoms with E-state index in [9.17, 15) is 0 Å². The summed E-state index contributed by atoms with van der Waals surface area (Å²) < 4.78 is 0. The van der Waals surface area contributed by atoms with E-state index in [1.54, 1.807) is 0 Å². The molecule has 0 aliphatic carbocycles. The van der Waals surface area contributed by atoms with E-state index in [0.717, 1.165) is 28.8 Å². The summed E-state index contributed by atoms with van der Waals surface area (Å²) in [5.41, 5.74) is 6.74. The third-order valence-corrected chi connectivity index (χ3v) is 4.55. The standard InChI is InChI=1S/C22H21N3O/c26-13-10-16-4-6-19(7-5-16)25-15-17-2-1-3-18(14-17)20-8-11-23-22-21(20)9-12-24-22/h1-9,11-12,14,25-26H,10,13,15H2,(H,23,24). The van der Waals surface area contributed by atoms with Gasteiger partial charge in [-0.05, 0) is 59.0 Å². The summed E-state index contributed by atoms with van der Waals surface area (Å²) in [7, 11) is 0. The molecule has 0 saturated carbocycles. The van der Waals surface area contributed by atoms with E-state index >= 15 is 0 Å². The lowest BCUT2D eigenvalue weighted by molar-refractivity contribution is 0.299. The first kappa shape index (κ1) is 16.4. The molecule has 130 valence electrons. The van der Waals surface area contributed by atoms with Crippen LogP contribution in [0.15, 0.2) is 73.1 Å². The second kappa shape index (κ2) is 7.42. The molecule has 0 atom stereocenters. The summed E-state index contributed by atoms with van der Waals surface area (Å²) >= 11 is 0. The Kier molecular flexibility index (Phi) is 4.67. The van der Waals surface area contributed by atoms with Crippen LogP contribution in [-0.4, -0.2) is 21.7 Å². The summed E-state index contributed by atoms with van der Waals surface area (Å²) in [6.07, 6.45) is 4.46. The van der Waals surface area contributed by atoms with E-state index in [2.05, 4.69) is 75.9 Å². The smallest absolute Gasteiger partial charge is 0.137 e. The van der Waals surface area contributed by atoms with Crippen LogP contribution in [0.3, 0.4) is 0 Å². The van der Waals surface area contributed by atoms with Crippen LogP contribution in [0.25, 0.3) is 22.2 Å². The van der Waals surface area contributed by atoms with Gasteiger partial charge in [-0.2, -0.15) is 0 Å². The number of benzene rings is 2. The normalized spacial score (nSPS) is 11.0. The molecule has 26 heavy (non-hydrogen) atoms. The number of nitrogens with zero attached hydrogens (tertiary/aromatic N) is 1. The fraction of sp³-hybridized carbons (Fsp3) is 0.136. The first-order valence-electron chi connectivity index (χ1n) is 8.78. The Bertz CT molecular complexity index is 1010. The average molecular weight is 343 g/mol. The number of aliphatic hydroxyl groups is 1. The maximum Gasteiger partial charge on any atom is 0.137 e. The Balaban J connectivity index is 1.52. The highest BCUT2D eigenvalue weighted by atomic mass is 16.2. The number of hydrogen-bond acceptors (Lipinski definition) is 3. The minimum atomic E-state index is 0.184. The monoisotopic (exact) mass is 343 g/mol. The maximum atomic E-state index is 8.99. The molecule has 0 spiro atoms. The predicted molar refractivity (Wildman–Crippen MR) is 106 cm³/mol. The topological polar surface area (TPSA) is 60.9 Å². The Hall–Kier alpha value is -3.11. The summed E-state index contributed by atoms with van der Waals surface area (Å²) in [6, 6.07) is 20.9. The first-order chi connectivity index (χ1) is 12.8. The molecule has 0 saturated heterocycles. The third kappa shape index (κ3) is 3.46. The van der Waals surface area contributed by atoms with Gasteiger partial charge in [0.25, 0.3) is 0 Å². The zero-order valence-electron chi connectivity index (χ0n) is 14.4. The Morgan fingerprint density at radius 2 is 1.85 bits per heavy atom. The minimum Gasteiger partial charge on any atom is -0.396 e. The zero-order chi connectivity index (χ0) is 17.8. The van der Waals surface area contributed by atoms with Crippen molar-refractivity contribution >= 4 is 16.7 Å². The molecule has 4 aromatic rings. The van der Waals surface area contributed by atoms with Gasteiger partial charge in [0.05, 0.1) is 0 Å². The molecule has 0 aliphatic rings. The molecule has 0 unspecified atom stereocenters. The second-order valence-electron chi connectivity index (χ2n) is 6.32. The molecule has 0 aliphatic heterocycles. The van der Waals surface area contributed by atoms with Crippen LogP contribution in [0.5, 0.6) is 0 Å². The SMILES string of the molecule is OCCc1ccc(NCc2cccc(-c3ccnc4[nH]ccc34)c2)cc1. The zero-order valence-corrected chi connectivity index (χ0v) is 14.4. The maximum absolute atomic E-state index is 8.99. The number of pyridine rings is 1. The van der Waals surface area contributed by atoms with Crippen molar-refractivity contribution in [3.05, 3.63) is 84.2 Å². The molecule has 4 rings (SSSR count). The van der Waals surface area contributed by atoms with Crippen molar-refractivity contribution in [3.8, 4) is 11.1 Å². The molecule has 4 nitrogen and oxygen atoms in total. The fourth-order valence-electron chi connectivity index (χ4n) is 3.18. The molecule has 2 aromatic carbocycles. The summed E-state index contributed by atoms with van der Waals surface area (Å²) in [5, 5.41) is 13.6. The Labute approximate surface area is 152 Å². The van der Waals surface area contributed by atoms with Crippen molar-refractivity contribution in [2.45, 2.75) is 13.0 Å². The minimum absolute atomic E-state index is 0.184. The molecular weight excluding hydrogens is 322 g/mol. The van der Waals surface area contributed by atoms with Crippen molar-refractivity contribution in [1.29, 1.82) is 0 Å². The number of aromatic nitrogens is 2. The van der Waals surface area contributed by atoms with E-state index in [0.29, 0.717) is 6.42 Å². The van der Waals surface area contributed by atoms with Gasteiger partial charge in [0.15, 0.2) is 0 Å². The predicted octanol–water partition coefficient (Wildman–Crippen LogP) is 4.38. The van der Waals surface area contributed by atoms with Gasteiger partial charge in [0.1, 0.15) is 5.65 Å². The number of anilines is 1. The molecule has 0 fully saturated rings. The number of aromatic amines is 1. The molecule has 2 heterocycles. The second-order valence-corrected chi connectivity index (χ2v) is 6.32. The molecule has 2 aromatic heterocycles. The molecule has 0 amide bonds. The average Bonchev–Trinajstić information content (AvgIpc) is 3.17. The van der Waals surface area contributed by atoms with Gasteiger partial charge in [-0.15, -0.1) is 0 Å².